The SMILES string of the molecule is OC1CCOCC1CN1CCC(N2CCCCC2)CC1. The number of hydrogen-bond acceptors (Lipinski definition) is 4. The van der Waals surface area contributed by atoms with Crippen molar-refractivity contribution in [2.45, 2.75) is 50.7 Å². The Kier molecular flexibility index (Phi) is 5.32. The molecule has 1 N–H and O–H groups in total. The van der Waals surface area contributed by atoms with Gasteiger partial charge in [0.25, 0.3) is 0 Å². The molecule has 3 rings (SSSR count). The number of aliphatic hydroxyl groups is 1. The van der Waals surface area contributed by atoms with Gasteiger partial charge in [-0.05, 0) is 58.3 Å². The quantitative estimate of drug-likeness (QED) is 0.847. The molecule has 3 aliphatic rings. The Balaban J connectivity index is 1.41. The van der Waals surface area contributed by atoms with E-state index in [4.69, 9.17) is 4.74 Å². The molecule has 0 aromatic heterocycles. The molecule has 4 heteroatoms. The minimum atomic E-state index is -0.149. The van der Waals surface area contributed by atoms with Crippen molar-refractivity contribution in [3.05, 3.63) is 0 Å². The van der Waals surface area contributed by atoms with E-state index in [1.807, 2.05) is 0 Å². The van der Waals surface area contributed by atoms with Crippen LogP contribution in [-0.4, -0.2) is 73.0 Å². The van der Waals surface area contributed by atoms with Gasteiger partial charge in [0.15, 0.2) is 0 Å². The second-order valence-electron chi connectivity index (χ2n) is 6.82. The number of piperidine rings is 2. The normalized spacial score (nSPS) is 35.2. The van der Waals surface area contributed by atoms with Crippen LogP contribution in [0.2, 0.25) is 0 Å². The van der Waals surface area contributed by atoms with E-state index >= 15 is 0 Å². The van der Waals surface area contributed by atoms with Crippen LogP contribution in [0, 0.1) is 5.92 Å². The third-order valence-corrected chi connectivity index (χ3v) is 5.39. The highest BCUT2D eigenvalue weighted by Crippen LogP contribution is 2.23. The van der Waals surface area contributed by atoms with Crippen LogP contribution in [0.5, 0.6) is 0 Å². The summed E-state index contributed by atoms with van der Waals surface area (Å²) in [5.41, 5.74) is 0. The number of rotatable bonds is 3. The summed E-state index contributed by atoms with van der Waals surface area (Å²) in [6.45, 7) is 7.53. The zero-order chi connectivity index (χ0) is 13.8. The first kappa shape index (κ1) is 14.8. The smallest absolute Gasteiger partial charge is 0.0624 e. The topological polar surface area (TPSA) is 35.9 Å². The zero-order valence-electron chi connectivity index (χ0n) is 12.7. The second-order valence-corrected chi connectivity index (χ2v) is 6.82. The van der Waals surface area contributed by atoms with Gasteiger partial charge < -0.3 is 19.6 Å². The Morgan fingerprint density at radius 3 is 2.40 bits per heavy atom. The summed E-state index contributed by atoms with van der Waals surface area (Å²) in [4.78, 5) is 5.27. The molecule has 3 saturated heterocycles. The van der Waals surface area contributed by atoms with Crippen LogP contribution < -0.4 is 0 Å². The fourth-order valence-corrected chi connectivity index (χ4v) is 4.04. The summed E-state index contributed by atoms with van der Waals surface area (Å²) >= 11 is 0. The van der Waals surface area contributed by atoms with Crippen LogP contribution >= 0.6 is 0 Å². The average molecular weight is 282 g/mol. The van der Waals surface area contributed by atoms with E-state index in [-0.39, 0.29) is 6.10 Å². The molecule has 0 amide bonds. The molecule has 116 valence electrons. The van der Waals surface area contributed by atoms with Crippen LogP contribution in [0.4, 0.5) is 0 Å². The minimum Gasteiger partial charge on any atom is -0.393 e. The molecule has 0 bridgehead atoms. The lowest BCUT2D eigenvalue weighted by molar-refractivity contribution is -0.0502. The van der Waals surface area contributed by atoms with Gasteiger partial charge in [0.05, 0.1) is 12.7 Å². The summed E-state index contributed by atoms with van der Waals surface area (Å²) in [7, 11) is 0. The predicted molar refractivity (Wildman–Crippen MR) is 79.8 cm³/mol. The van der Waals surface area contributed by atoms with Crippen molar-refractivity contribution in [3.63, 3.8) is 0 Å². The van der Waals surface area contributed by atoms with Gasteiger partial charge in [-0.15, -0.1) is 0 Å². The summed E-state index contributed by atoms with van der Waals surface area (Å²) in [6, 6.07) is 0.819. The number of hydrogen-bond donors (Lipinski definition) is 1. The van der Waals surface area contributed by atoms with Crippen molar-refractivity contribution in [1.29, 1.82) is 0 Å². The number of nitrogens with zero attached hydrogens (tertiary/aromatic N) is 2. The molecule has 2 unspecified atom stereocenters. The largest absolute Gasteiger partial charge is 0.393 e. The predicted octanol–water partition coefficient (Wildman–Crippen LogP) is 1.33. The third-order valence-electron chi connectivity index (χ3n) is 5.39. The lowest BCUT2D eigenvalue weighted by Gasteiger charge is -2.41. The molecule has 0 aromatic carbocycles. The molecule has 4 nitrogen and oxygen atoms in total. The minimum absolute atomic E-state index is 0.149. The molecule has 3 fully saturated rings. The highest BCUT2D eigenvalue weighted by atomic mass is 16.5. The monoisotopic (exact) mass is 282 g/mol. The van der Waals surface area contributed by atoms with Gasteiger partial charge in [0.1, 0.15) is 0 Å². The second kappa shape index (κ2) is 7.21. The zero-order valence-corrected chi connectivity index (χ0v) is 12.7. The Morgan fingerprint density at radius 2 is 1.70 bits per heavy atom. The molecule has 0 saturated carbocycles. The fourth-order valence-electron chi connectivity index (χ4n) is 4.04. The van der Waals surface area contributed by atoms with Crippen LogP contribution in [0.15, 0.2) is 0 Å². The van der Waals surface area contributed by atoms with Gasteiger partial charge in [-0.1, -0.05) is 6.42 Å². The maximum absolute atomic E-state index is 10.0. The first-order valence-corrected chi connectivity index (χ1v) is 8.55. The summed E-state index contributed by atoms with van der Waals surface area (Å²) < 4.78 is 5.52. The summed E-state index contributed by atoms with van der Waals surface area (Å²) in [5.74, 6) is 0.329. The van der Waals surface area contributed by atoms with Gasteiger partial charge in [-0.2, -0.15) is 0 Å². The first-order chi connectivity index (χ1) is 9.83. The number of aliphatic hydroxyl groups excluding tert-OH is 1. The van der Waals surface area contributed by atoms with E-state index in [9.17, 15) is 5.11 Å². The molecule has 20 heavy (non-hydrogen) atoms. The number of ether oxygens (including phenoxy) is 1. The molecule has 0 aromatic rings. The van der Waals surface area contributed by atoms with Gasteiger partial charge in [0.2, 0.25) is 0 Å². The summed E-state index contributed by atoms with van der Waals surface area (Å²) in [5, 5.41) is 10.0. The molecule has 0 radical (unpaired) electrons. The molecule has 0 aliphatic carbocycles. The van der Waals surface area contributed by atoms with Crippen LogP contribution in [0.1, 0.15) is 38.5 Å². The van der Waals surface area contributed by atoms with Gasteiger partial charge in [0, 0.05) is 25.1 Å². The molecule has 2 atom stereocenters. The van der Waals surface area contributed by atoms with Crippen molar-refractivity contribution < 1.29 is 9.84 Å². The third kappa shape index (κ3) is 3.73. The van der Waals surface area contributed by atoms with Crippen LogP contribution in [0.25, 0.3) is 0 Å². The Labute approximate surface area is 123 Å². The van der Waals surface area contributed by atoms with Crippen LogP contribution in [0.3, 0.4) is 0 Å². The van der Waals surface area contributed by atoms with Gasteiger partial charge >= 0.3 is 0 Å². The van der Waals surface area contributed by atoms with E-state index in [0.29, 0.717) is 5.92 Å². The van der Waals surface area contributed by atoms with Crippen molar-refractivity contribution in [2.75, 3.05) is 45.9 Å². The van der Waals surface area contributed by atoms with Crippen molar-refractivity contribution >= 4 is 0 Å². The van der Waals surface area contributed by atoms with Crippen molar-refractivity contribution in [2.24, 2.45) is 5.92 Å². The molecule has 3 aliphatic heterocycles. The van der Waals surface area contributed by atoms with E-state index in [2.05, 4.69) is 9.80 Å². The highest BCUT2D eigenvalue weighted by molar-refractivity contribution is 4.84. The Hall–Kier alpha value is -0.160. The lowest BCUT2D eigenvalue weighted by Crippen LogP contribution is -2.49. The Bertz CT molecular complexity index is 286. The van der Waals surface area contributed by atoms with Gasteiger partial charge in [-0.3, -0.25) is 0 Å². The molecule has 0 spiro atoms. The average Bonchev–Trinajstić information content (AvgIpc) is 2.51. The van der Waals surface area contributed by atoms with Crippen molar-refractivity contribution in [1.82, 2.24) is 9.80 Å². The van der Waals surface area contributed by atoms with E-state index in [0.717, 1.165) is 32.2 Å². The molecular formula is C16H30N2O2. The molecular weight excluding hydrogens is 252 g/mol. The van der Waals surface area contributed by atoms with Gasteiger partial charge in [-0.25, -0.2) is 0 Å². The maximum Gasteiger partial charge on any atom is 0.0624 e. The standard InChI is InChI=1S/C16H30N2O2/c19-16-6-11-20-13-14(16)12-17-9-4-15(5-10-17)18-7-2-1-3-8-18/h14-16,19H,1-13H2. The summed E-state index contributed by atoms with van der Waals surface area (Å²) in [6.07, 6.45) is 7.50. The van der Waals surface area contributed by atoms with E-state index in [1.165, 1.54) is 58.3 Å². The van der Waals surface area contributed by atoms with Crippen LogP contribution in [-0.2, 0) is 4.74 Å². The highest BCUT2D eigenvalue weighted by Gasteiger charge is 2.29. The fraction of sp³-hybridized carbons (Fsp3) is 1.00. The van der Waals surface area contributed by atoms with E-state index in [1.54, 1.807) is 0 Å². The van der Waals surface area contributed by atoms with Crippen molar-refractivity contribution in [3.8, 4) is 0 Å². The lowest BCUT2D eigenvalue weighted by atomic mass is 9.95. The molecule has 3 heterocycles. The maximum atomic E-state index is 10.0. The Morgan fingerprint density at radius 1 is 0.950 bits per heavy atom. The van der Waals surface area contributed by atoms with E-state index < -0.39 is 0 Å². The first-order valence-electron chi connectivity index (χ1n) is 8.55. The number of likely N-dealkylation sites (tertiary alicyclic amines) is 2.